The number of hydrogen-bond donors (Lipinski definition) is 2. The van der Waals surface area contributed by atoms with Gasteiger partial charge in [0.2, 0.25) is 0 Å². The Hall–Kier alpha value is -0.940. The second-order valence-corrected chi connectivity index (χ2v) is 5.74. The molecule has 0 saturated heterocycles. The summed E-state index contributed by atoms with van der Waals surface area (Å²) in [6, 6.07) is -0.0457. The molecule has 2 aliphatic carbocycles. The maximum absolute atomic E-state index is 11.1. The second kappa shape index (κ2) is 3.53. The molecular weight excluding hydrogens is 224 g/mol. The number of nitrogens with two attached hydrogens (primary N) is 1. The fraction of sp³-hybridized carbons (Fsp3) is 0.636. The lowest BCUT2D eigenvalue weighted by molar-refractivity contribution is 0.0700. The van der Waals surface area contributed by atoms with Gasteiger partial charge in [0, 0.05) is 5.92 Å². The molecule has 2 fully saturated rings. The van der Waals surface area contributed by atoms with Gasteiger partial charge in [0.25, 0.3) is 0 Å². The Labute approximate surface area is 97.5 Å². The SMILES string of the molecule is NC(c1nc(C2CC2)c(C(=O)O)s1)C1CC1. The van der Waals surface area contributed by atoms with Crippen LogP contribution in [0, 0.1) is 5.92 Å². The van der Waals surface area contributed by atoms with E-state index in [1.54, 1.807) is 0 Å². The van der Waals surface area contributed by atoms with Crippen molar-refractivity contribution in [3.63, 3.8) is 0 Å². The molecule has 1 aromatic rings. The van der Waals surface area contributed by atoms with Crippen molar-refractivity contribution in [2.24, 2.45) is 11.7 Å². The van der Waals surface area contributed by atoms with E-state index in [1.165, 1.54) is 11.3 Å². The van der Waals surface area contributed by atoms with E-state index in [1.807, 2.05) is 0 Å². The molecule has 86 valence electrons. The van der Waals surface area contributed by atoms with Gasteiger partial charge in [-0.3, -0.25) is 0 Å². The van der Waals surface area contributed by atoms with Gasteiger partial charge in [-0.05, 0) is 31.6 Å². The van der Waals surface area contributed by atoms with Crippen molar-refractivity contribution in [2.45, 2.75) is 37.6 Å². The lowest BCUT2D eigenvalue weighted by Gasteiger charge is -2.04. The van der Waals surface area contributed by atoms with Crippen LogP contribution in [-0.4, -0.2) is 16.1 Å². The van der Waals surface area contributed by atoms with Crippen LogP contribution in [0.3, 0.4) is 0 Å². The van der Waals surface area contributed by atoms with Crippen LogP contribution in [0.15, 0.2) is 0 Å². The van der Waals surface area contributed by atoms with E-state index in [0.29, 0.717) is 16.7 Å². The highest BCUT2D eigenvalue weighted by Gasteiger charge is 2.36. The molecule has 2 saturated carbocycles. The van der Waals surface area contributed by atoms with E-state index >= 15 is 0 Å². The van der Waals surface area contributed by atoms with Crippen molar-refractivity contribution in [2.75, 3.05) is 0 Å². The zero-order valence-electron chi connectivity index (χ0n) is 8.85. The number of thiazole rings is 1. The van der Waals surface area contributed by atoms with E-state index < -0.39 is 5.97 Å². The minimum absolute atomic E-state index is 0.0457. The molecular formula is C11H14N2O2S. The smallest absolute Gasteiger partial charge is 0.347 e. The number of carbonyl (C=O) groups is 1. The largest absolute Gasteiger partial charge is 0.477 e. The van der Waals surface area contributed by atoms with Crippen LogP contribution in [0.2, 0.25) is 0 Å². The van der Waals surface area contributed by atoms with E-state index in [0.717, 1.165) is 36.4 Å². The maximum atomic E-state index is 11.1. The van der Waals surface area contributed by atoms with Crippen molar-refractivity contribution in [3.05, 3.63) is 15.6 Å². The summed E-state index contributed by atoms with van der Waals surface area (Å²) in [6.07, 6.45) is 4.45. The average Bonchev–Trinajstić information content (AvgIpc) is 3.13. The Morgan fingerprint density at radius 1 is 1.44 bits per heavy atom. The monoisotopic (exact) mass is 238 g/mol. The number of rotatable bonds is 4. The van der Waals surface area contributed by atoms with Crippen molar-refractivity contribution >= 4 is 17.3 Å². The molecule has 3 rings (SSSR count). The van der Waals surface area contributed by atoms with Gasteiger partial charge in [-0.2, -0.15) is 0 Å². The highest BCUT2D eigenvalue weighted by atomic mass is 32.1. The quantitative estimate of drug-likeness (QED) is 0.842. The van der Waals surface area contributed by atoms with Gasteiger partial charge in [-0.15, -0.1) is 11.3 Å². The van der Waals surface area contributed by atoms with Crippen LogP contribution in [-0.2, 0) is 0 Å². The standard InChI is InChI=1S/C11H14N2O2S/c12-7(5-1-2-5)10-13-8(6-3-4-6)9(16-10)11(14)15/h5-7H,1-4,12H2,(H,14,15). The zero-order valence-corrected chi connectivity index (χ0v) is 9.67. The molecule has 16 heavy (non-hydrogen) atoms. The van der Waals surface area contributed by atoms with Gasteiger partial charge in [-0.1, -0.05) is 0 Å². The Morgan fingerprint density at radius 3 is 2.62 bits per heavy atom. The number of carboxylic acid groups (broad SMARTS) is 1. The molecule has 5 heteroatoms. The summed E-state index contributed by atoms with van der Waals surface area (Å²) < 4.78 is 0. The summed E-state index contributed by atoms with van der Waals surface area (Å²) >= 11 is 1.28. The summed E-state index contributed by atoms with van der Waals surface area (Å²) in [7, 11) is 0. The molecule has 0 radical (unpaired) electrons. The molecule has 0 aromatic carbocycles. The van der Waals surface area contributed by atoms with Gasteiger partial charge in [0.05, 0.1) is 11.7 Å². The highest BCUT2D eigenvalue weighted by molar-refractivity contribution is 7.13. The Kier molecular flexibility index (Phi) is 2.26. The number of aromatic carboxylic acids is 1. The molecule has 1 unspecified atom stereocenters. The summed E-state index contributed by atoms with van der Waals surface area (Å²) in [5.74, 6) is 0.0518. The molecule has 1 atom stereocenters. The molecule has 0 spiro atoms. The van der Waals surface area contributed by atoms with Crippen LogP contribution >= 0.6 is 11.3 Å². The van der Waals surface area contributed by atoms with Crippen LogP contribution in [0.5, 0.6) is 0 Å². The molecule has 1 heterocycles. The lowest BCUT2D eigenvalue weighted by atomic mass is 10.2. The van der Waals surface area contributed by atoms with Crippen molar-refractivity contribution in [3.8, 4) is 0 Å². The first-order valence-electron chi connectivity index (χ1n) is 5.66. The van der Waals surface area contributed by atoms with E-state index in [9.17, 15) is 4.79 Å². The first-order chi connectivity index (χ1) is 7.66. The number of nitrogens with zero attached hydrogens (tertiary/aromatic N) is 1. The van der Waals surface area contributed by atoms with Gasteiger partial charge in [-0.25, -0.2) is 9.78 Å². The minimum Gasteiger partial charge on any atom is -0.477 e. The Balaban J connectivity index is 1.93. The molecule has 4 nitrogen and oxygen atoms in total. The lowest BCUT2D eigenvalue weighted by Crippen LogP contribution is -2.11. The predicted octanol–water partition coefficient (Wildman–Crippen LogP) is 2.13. The Bertz CT molecular complexity index is 435. The molecule has 3 N–H and O–H groups in total. The fourth-order valence-electron chi connectivity index (χ4n) is 1.94. The van der Waals surface area contributed by atoms with Crippen molar-refractivity contribution < 1.29 is 9.90 Å². The molecule has 0 bridgehead atoms. The minimum atomic E-state index is -0.853. The van der Waals surface area contributed by atoms with Crippen LogP contribution < -0.4 is 5.73 Å². The first kappa shape index (κ1) is 10.2. The number of hydrogen-bond acceptors (Lipinski definition) is 4. The molecule has 2 aliphatic rings. The predicted molar refractivity (Wildman–Crippen MR) is 60.7 cm³/mol. The van der Waals surface area contributed by atoms with Gasteiger partial charge < -0.3 is 10.8 Å². The van der Waals surface area contributed by atoms with Crippen LogP contribution in [0.25, 0.3) is 0 Å². The topological polar surface area (TPSA) is 76.2 Å². The number of aromatic nitrogens is 1. The van der Waals surface area contributed by atoms with Crippen molar-refractivity contribution in [1.29, 1.82) is 0 Å². The zero-order chi connectivity index (χ0) is 11.3. The van der Waals surface area contributed by atoms with Gasteiger partial charge >= 0.3 is 5.97 Å². The van der Waals surface area contributed by atoms with E-state index in [4.69, 9.17) is 10.8 Å². The van der Waals surface area contributed by atoms with Crippen molar-refractivity contribution in [1.82, 2.24) is 4.98 Å². The molecule has 1 aromatic heterocycles. The first-order valence-corrected chi connectivity index (χ1v) is 6.48. The summed E-state index contributed by atoms with van der Waals surface area (Å²) in [5.41, 5.74) is 6.84. The summed E-state index contributed by atoms with van der Waals surface area (Å²) in [6.45, 7) is 0. The Morgan fingerprint density at radius 2 is 2.12 bits per heavy atom. The van der Waals surface area contributed by atoms with E-state index in [2.05, 4.69) is 4.98 Å². The normalized spacial score (nSPS) is 22.1. The van der Waals surface area contributed by atoms with Crippen LogP contribution in [0.1, 0.15) is 58.0 Å². The molecule has 0 amide bonds. The second-order valence-electron chi connectivity index (χ2n) is 4.71. The van der Waals surface area contributed by atoms with E-state index in [-0.39, 0.29) is 6.04 Å². The maximum Gasteiger partial charge on any atom is 0.347 e. The van der Waals surface area contributed by atoms with Gasteiger partial charge in [0.1, 0.15) is 9.88 Å². The fourth-order valence-corrected chi connectivity index (χ4v) is 3.02. The summed E-state index contributed by atoms with van der Waals surface area (Å²) in [4.78, 5) is 16.0. The number of carboxylic acids is 1. The third kappa shape index (κ3) is 1.74. The van der Waals surface area contributed by atoms with Crippen LogP contribution in [0.4, 0.5) is 0 Å². The third-order valence-electron chi connectivity index (χ3n) is 3.24. The summed E-state index contributed by atoms with van der Waals surface area (Å²) in [5, 5.41) is 9.94. The van der Waals surface area contributed by atoms with Gasteiger partial charge in [0.15, 0.2) is 0 Å². The molecule has 0 aliphatic heterocycles. The average molecular weight is 238 g/mol. The third-order valence-corrected chi connectivity index (χ3v) is 4.40. The highest BCUT2D eigenvalue weighted by Crippen LogP contribution is 2.46.